The first kappa shape index (κ1) is 14.2. The van der Waals surface area contributed by atoms with Crippen molar-refractivity contribution in [2.24, 2.45) is 0 Å². The smallest absolute Gasteiger partial charge is 0.263 e. The summed E-state index contributed by atoms with van der Waals surface area (Å²) in [5.74, 6) is 0. The number of thiophene rings is 1. The molecule has 21 heavy (non-hydrogen) atoms. The van der Waals surface area contributed by atoms with Crippen molar-refractivity contribution < 1.29 is 0 Å². The highest BCUT2D eigenvalue weighted by atomic mass is 79.9. The highest BCUT2D eigenvalue weighted by Crippen LogP contribution is 2.35. The summed E-state index contributed by atoms with van der Waals surface area (Å²) in [4.78, 5) is 19.0. The third-order valence-electron chi connectivity index (χ3n) is 3.31. The summed E-state index contributed by atoms with van der Waals surface area (Å²) in [6.45, 7) is 6.18. The van der Waals surface area contributed by atoms with Gasteiger partial charge in [0.25, 0.3) is 5.56 Å². The topological polar surface area (TPSA) is 34.9 Å². The fraction of sp³-hybridized carbons (Fsp3) is 0.125. The van der Waals surface area contributed by atoms with Crippen LogP contribution < -0.4 is 5.56 Å². The molecule has 0 spiro atoms. The van der Waals surface area contributed by atoms with E-state index in [1.54, 1.807) is 28.3 Å². The van der Waals surface area contributed by atoms with Gasteiger partial charge in [0.05, 0.1) is 11.7 Å². The number of nitrogens with zero attached hydrogens (tertiary/aromatic N) is 2. The molecular weight excluding hydrogens is 348 g/mol. The summed E-state index contributed by atoms with van der Waals surface area (Å²) in [6, 6.07) is 8.00. The van der Waals surface area contributed by atoms with E-state index in [1.165, 1.54) is 0 Å². The highest BCUT2D eigenvalue weighted by molar-refractivity contribution is 9.10. The maximum absolute atomic E-state index is 12.7. The van der Waals surface area contributed by atoms with E-state index in [-0.39, 0.29) is 5.56 Å². The molecule has 0 bridgehead atoms. The quantitative estimate of drug-likeness (QED) is 0.649. The molecule has 1 aromatic carbocycles. The molecule has 0 amide bonds. The van der Waals surface area contributed by atoms with E-state index >= 15 is 0 Å². The van der Waals surface area contributed by atoms with Gasteiger partial charge in [-0.1, -0.05) is 34.1 Å². The summed E-state index contributed by atoms with van der Waals surface area (Å²) in [5.41, 5.74) is 2.01. The number of halogens is 1. The van der Waals surface area contributed by atoms with Crippen LogP contribution in [-0.2, 0) is 6.54 Å². The fourth-order valence-corrected chi connectivity index (χ4v) is 3.64. The van der Waals surface area contributed by atoms with Crippen molar-refractivity contribution in [3.8, 4) is 11.1 Å². The van der Waals surface area contributed by atoms with E-state index in [0.29, 0.717) is 11.9 Å². The third kappa shape index (κ3) is 2.47. The van der Waals surface area contributed by atoms with Gasteiger partial charge in [0.2, 0.25) is 0 Å². The normalized spacial score (nSPS) is 11.0. The van der Waals surface area contributed by atoms with Crippen LogP contribution in [0.15, 0.2) is 52.5 Å². The molecule has 3 aromatic rings. The van der Waals surface area contributed by atoms with Crippen LogP contribution in [0.25, 0.3) is 21.3 Å². The van der Waals surface area contributed by atoms with Gasteiger partial charge in [0.15, 0.2) is 0 Å². The summed E-state index contributed by atoms with van der Waals surface area (Å²) < 4.78 is 2.61. The van der Waals surface area contributed by atoms with E-state index in [4.69, 9.17) is 0 Å². The Bertz CT molecular complexity index is 878. The maximum Gasteiger partial charge on any atom is 0.263 e. The predicted octanol–water partition coefficient (Wildman–Crippen LogP) is 4.38. The zero-order chi connectivity index (χ0) is 15.0. The molecule has 0 saturated carbocycles. The van der Waals surface area contributed by atoms with Gasteiger partial charge in [-0.2, -0.15) is 0 Å². The van der Waals surface area contributed by atoms with Crippen LogP contribution in [0, 0.1) is 6.92 Å². The molecule has 106 valence electrons. The first-order valence-corrected chi connectivity index (χ1v) is 8.08. The van der Waals surface area contributed by atoms with E-state index < -0.39 is 0 Å². The summed E-state index contributed by atoms with van der Waals surface area (Å²) in [5, 5.41) is 0.698. The van der Waals surface area contributed by atoms with Crippen LogP contribution in [0.2, 0.25) is 0 Å². The van der Waals surface area contributed by atoms with Gasteiger partial charge in [-0.25, -0.2) is 4.98 Å². The molecule has 0 saturated heterocycles. The molecule has 0 unspecified atom stereocenters. The van der Waals surface area contributed by atoms with Gasteiger partial charge in [0, 0.05) is 21.5 Å². The number of benzene rings is 1. The second kappa shape index (κ2) is 5.58. The van der Waals surface area contributed by atoms with Crippen LogP contribution >= 0.6 is 27.3 Å². The minimum Gasteiger partial charge on any atom is -0.295 e. The molecule has 0 N–H and O–H groups in total. The second-order valence-corrected chi connectivity index (χ2v) is 6.83. The van der Waals surface area contributed by atoms with Gasteiger partial charge in [-0.05, 0) is 24.6 Å². The number of hydrogen-bond acceptors (Lipinski definition) is 3. The number of hydrogen-bond donors (Lipinski definition) is 0. The summed E-state index contributed by atoms with van der Waals surface area (Å²) in [6.07, 6.45) is 3.29. The van der Waals surface area contributed by atoms with Crippen molar-refractivity contribution in [2.75, 3.05) is 0 Å². The zero-order valence-electron chi connectivity index (χ0n) is 11.5. The SMILES string of the molecule is C=CCn1cnc2sc(C)c(-c3ccc(Br)cc3)c2c1=O. The largest absolute Gasteiger partial charge is 0.295 e. The Morgan fingerprint density at radius 1 is 1.38 bits per heavy atom. The van der Waals surface area contributed by atoms with Gasteiger partial charge < -0.3 is 0 Å². The number of rotatable bonds is 3. The maximum atomic E-state index is 12.7. The second-order valence-electron chi connectivity index (χ2n) is 4.71. The number of fused-ring (bicyclic) bond motifs is 1. The molecule has 0 fully saturated rings. The number of allylic oxidation sites excluding steroid dienone is 1. The van der Waals surface area contributed by atoms with Crippen molar-refractivity contribution in [2.45, 2.75) is 13.5 Å². The Kier molecular flexibility index (Phi) is 3.78. The van der Waals surface area contributed by atoms with Crippen LogP contribution in [-0.4, -0.2) is 9.55 Å². The third-order valence-corrected chi connectivity index (χ3v) is 4.86. The molecule has 2 aromatic heterocycles. The Morgan fingerprint density at radius 2 is 2.10 bits per heavy atom. The first-order valence-electron chi connectivity index (χ1n) is 6.47. The molecule has 3 rings (SSSR count). The van der Waals surface area contributed by atoms with E-state index in [1.807, 2.05) is 31.2 Å². The lowest BCUT2D eigenvalue weighted by Gasteiger charge is -2.04. The van der Waals surface area contributed by atoms with Crippen LogP contribution in [0.3, 0.4) is 0 Å². The Labute approximate surface area is 134 Å². The molecule has 0 aliphatic carbocycles. The molecular formula is C16H13BrN2OS. The number of aromatic nitrogens is 2. The van der Waals surface area contributed by atoms with Crippen molar-refractivity contribution >= 4 is 37.5 Å². The van der Waals surface area contributed by atoms with Crippen LogP contribution in [0.4, 0.5) is 0 Å². The monoisotopic (exact) mass is 360 g/mol. The van der Waals surface area contributed by atoms with Gasteiger partial charge in [0.1, 0.15) is 4.83 Å². The average Bonchev–Trinajstić information content (AvgIpc) is 2.80. The predicted molar refractivity (Wildman–Crippen MR) is 92.0 cm³/mol. The van der Waals surface area contributed by atoms with Gasteiger partial charge in [-0.3, -0.25) is 9.36 Å². The zero-order valence-corrected chi connectivity index (χ0v) is 13.9. The lowest BCUT2D eigenvalue weighted by atomic mass is 10.0. The molecule has 0 aliphatic heterocycles. The van der Waals surface area contributed by atoms with E-state index in [0.717, 1.165) is 25.3 Å². The minimum atomic E-state index is -0.0119. The molecule has 3 nitrogen and oxygen atoms in total. The standard InChI is InChI=1S/C16H13BrN2OS/c1-3-8-19-9-18-15-14(16(19)20)13(10(2)21-15)11-4-6-12(17)7-5-11/h3-7,9H,1,8H2,2H3. The highest BCUT2D eigenvalue weighted by Gasteiger charge is 2.16. The molecule has 0 aliphatic rings. The molecule has 5 heteroatoms. The Balaban J connectivity index is 2.33. The van der Waals surface area contributed by atoms with E-state index in [9.17, 15) is 4.79 Å². The molecule has 0 atom stereocenters. The van der Waals surface area contributed by atoms with Crippen molar-refractivity contribution in [1.29, 1.82) is 0 Å². The lowest BCUT2D eigenvalue weighted by Crippen LogP contribution is -2.19. The van der Waals surface area contributed by atoms with Crippen molar-refractivity contribution in [3.63, 3.8) is 0 Å². The lowest BCUT2D eigenvalue weighted by molar-refractivity contribution is 0.769. The Morgan fingerprint density at radius 3 is 2.76 bits per heavy atom. The number of aryl methyl sites for hydroxylation is 1. The molecule has 0 radical (unpaired) electrons. The average molecular weight is 361 g/mol. The van der Waals surface area contributed by atoms with Gasteiger partial charge >= 0.3 is 0 Å². The van der Waals surface area contributed by atoms with E-state index in [2.05, 4.69) is 27.5 Å². The van der Waals surface area contributed by atoms with Gasteiger partial charge in [-0.15, -0.1) is 17.9 Å². The van der Waals surface area contributed by atoms with Crippen LogP contribution in [0.1, 0.15) is 4.88 Å². The van der Waals surface area contributed by atoms with Crippen molar-refractivity contribution in [3.05, 3.63) is 63.0 Å². The first-order chi connectivity index (χ1) is 10.1. The Hall–Kier alpha value is -1.72. The van der Waals surface area contributed by atoms with Crippen molar-refractivity contribution in [1.82, 2.24) is 9.55 Å². The van der Waals surface area contributed by atoms with Crippen LogP contribution in [0.5, 0.6) is 0 Å². The summed E-state index contributed by atoms with van der Waals surface area (Å²) >= 11 is 4.99. The fourth-order valence-electron chi connectivity index (χ4n) is 2.37. The minimum absolute atomic E-state index is 0.0119. The molecule has 2 heterocycles. The summed E-state index contributed by atoms with van der Waals surface area (Å²) in [7, 11) is 0.